The van der Waals surface area contributed by atoms with E-state index in [-0.39, 0.29) is 5.82 Å². The molecule has 2 rings (SSSR count). The Balaban J connectivity index is 1.77. The van der Waals surface area contributed by atoms with E-state index in [1.165, 1.54) is 31.7 Å². The Labute approximate surface area is 109 Å². The van der Waals surface area contributed by atoms with E-state index in [2.05, 4.69) is 12.2 Å². The van der Waals surface area contributed by atoms with Gasteiger partial charge >= 0.3 is 0 Å². The summed E-state index contributed by atoms with van der Waals surface area (Å²) in [5, 5.41) is 3.17. The summed E-state index contributed by atoms with van der Waals surface area (Å²) in [5.74, 6) is 1.40. The van der Waals surface area contributed by atoms with E-state index in [1.807, 2.05) is 0 Å². The van der Waals surface area contributed by atoms with Crippen molar-refractivity contribution in [2.75, 3.05) is 17.6 Å². The number of hydrogen-bond acceptors (Lipinski definition) is 2. The molecule has 0 radical (unpaired) electrons. The first-order chi connectivity index (χ1) is 8.65. The van der Waals surface area contributed by atoms with Crippen LogP contribution in [-0.4, -0.2) is 6.54 Å². The summed E-state index contributed by atoms with van der Waals surface area (Å²) in [6, 6.07) is 4.81. The molecule has 1 aliphatic rings. The topological polar surface area (TPSA) is 38.0 Å². The summed E-state index contributed by atoms with van der Waals surface area (Å²) in [5.41, 5.74) is 6.56. The monoisotopic (exact) mass is 250 g/mol. The van der Waals surface area contributed by atoms with Crippen molar-refractivity contribution in [3.05, 3.63) is 24.0 Å². The molecule has 1 aromatic rings. The fraction of sp³-hybridized carbons (Fsp3) is 0.600. The molecule has 2 atom stereocenters. The summed E-state index contributed by atoms with van der Waals surface area (Å²) in [7, 11) is 0. The average molecular weight is 250 g/mol. The quantitative estimate of drug-likeness (QED) is 0.792. The highest BCUT2D eigenvalue weighted by atomic mass is 19.1. The molecule has 0 aliphatic heterocycles. The zero-order valence-electron chi connectivity index (χ0n) is 11.1. The number of rotatable bonds is 4. The summed E-state index contributed by atoms with van der Waals surface area (Å²) < 4.78 is 13.5. The van der Waals surface area contributed by atoms with Crippen LogP contribution in [-0.2, 0) is 0 Å². The van der Waals surface area contributed by atoms with Gasteiger partial charge in [0.05, 0.1) is 5.69 Å². The van der Waals surface area contributed by atoms with Gasteiger partial charge in [-0.2, -0.15) is 0 Å². The van der Waals surface area contributed by atoms with Crippen molar-refractivity contribution in [1.29, 1.82) is 0 Å². The Morgan fingerprint density at radius 3 is 2.94 bits per heavy atom. The highest BCUT2D eigenvalue weighted by Crippen LogP contribution is 2.30. The van der Waals surface area contributed by atoms with Gasteiger partial charge in [0.1, 0.15) is 5.82 Å². The van der Waals surface area contributed by atoms with Gasteiger partial charge in [0.15, 0.2) is 0 Å². The minimum Gasteiger partial charge on any atom is -0.399 e. The van der Waals surface area contributed by atoms with E-state index >= 15 is 0 Å². The second-order valence-electron chi connectivity index (χ2n) is 5.59. The highest BCUT2D eigenvalue weighted by Gasteiger charge is 2.18. The van der Waals surface area contributed by atoms with Crippen LogP contribution in [0.3, 0.4) is 0 Å². The van der Waals surface area contributed by atoms with Crippen LogP contribution >= 0.6 is 0 Å². The van der Waals surface area contributed by atoms with Gasteiger partial charge in [-0.05, 0) is 42.9 Å². The van der Waals surface area contributed by atoms with Gasteiger partial charge in [0.2, 0.25) is 0 Å². The van der Waals surface area contributed by atoms with Crippen LogP contribution in [0, 0.1) is 17.7 Å². The lowest BCUT2D eigenvalue weighted by atomic mass is 9.81. The average Bonchev–Trinajstić information content (AvgIpc) is 2.32. The molecule has 2 unspecified atom stereocenters. The maximum atomic E-state index is 13.5. The van der Waals surface area contributed by atoms with Crippen molar-refractivity contribution in [2.45, 2.75) is 39.0 Å². The molecule has 2 nitrogen and oxygen atoms in total. The van der Waals surface area contributed by atoms with Crippen molar-refractivity contribution in [2.24, 2.45) is 11.8 Å². The molecular weight excluding hydrogens is 227 g/mol. The Morgan fingerprint density at radius 1 is 1.39 bits per heavy atom. The zero-order valence-corrected chi connectivity index (χ0v) is 11.1. The van der Waals surface area contributed by atoms with Gasteiger partial charge in [-0.3, -0.25) is 0 Å². The van der Waals surface area contributed by atoms with E-state index in [9.17, 15) is 4.39 Å². The Kier molecular flexibility index (Phi) is 4.45. The third-order valence-electron chi connectivity index (χ3n) is 3.91. The van der Waals surface area contributed by atoms with Crippen molar-refractivity contribution < 1.29 is 4.39 Å². The molecule has 0 spiro atoms. The van der Waals surface area contributed by atoms with Gasteiger partial charge in [0.25, 0.3) is 0 Å². The molecule has 1 fully saturated rings. The minimum atomic E-state index is -0.257. The Bertz CT molecular complexity index is 392. The van der Waals surface area contributed by atoms with Crippen LogP contribution in [0.5, 0.6) is 0 Å². The van der Waals surface area contributed by atoms with Crippen molar-refractivity contribution in [1.82, 2.24) is 0 Å². The summed E-state index contributed by atoms with van der Waals surface area (Å²) in [6.45, 7) is 3.18. The molecule has 0 amide bonds. The van der Waals surface area contributed by atoms with E-state index in [1.54, 1.807) is 12.1 Å². The van der Waals surface area contributed by atoms with E-state index in [0.29, 0.717) is 11.4 Å². The number of nitrogens with two attached hydrogens (primary N) is 1. The summed E-state index contributed by atoms with van der Waals surface area (Å²) in [6.07, 6.45) is 6.51. The molecule has 0 aromatic heterocycles. The third-order valence-corrected chi connectivity index (χ3v) is 3.91. The molecule has 3 heteroatoms. The van der Waals surface area contributed by atoms with Crippen molar-refractivity contribution >= 4 is 11.4 Å². The minimum absolute atomic E-state index is 0.257. The molecule has 1 saturated carbocycles. The van der Waals surface area contributed by atoms with Crippen LogP contribution in [0.2, 0.25) is 0 Å². The lowest BCUT2D eigenvalue weighted by molar-refractivity contribution is 0.274. The number of nitrogen functional groups attached to an aromatic ring is 1. The third kappa shape index (κ3) is 3.62. The molecule has 1 aromatic carbocycles. The second kappa shape index (κ2) is 6.07. The van der Waals surface area contributed by atoms with Crippen LogP contribution < -0.4 is 11.1 Å². The molecule has 0 saturated heterocycles. The standard InChI is InChI=1S/C15H23FN2/c1-11-3-2-4-12(9-11)7-8-18-15-6-5-13(17)10-14(15)16/h5-6,10-12,18H,2-4,7-9,17H2,1H3. The number of nitrogens with one attached hydrogen (secondary N) is 1. The van der Waals surface area contributed by atoms with Gasteiger partial charge in [0, 0.05) is 12.2 Å². The smallest absolute Gasteiger partial charge is 0.148 e. The van der Waals surface area contributed by atoms with E-state index in [0.717, 1.165) is 24.8 Å². The van der Waals surface area contributed by atoms with Crippen molar-refractivity contribution in [3.63, 3.8) is 0 Å². The number of hydrogen-bond donors (Lipinski definition) is 2. The first-order valence-corrected chi connectivity index (χ1v) is 6.94. The number of anilines is 2. The molecule has 1 aliphatic carbocycles. The predicted molar refractivity (Wildman–Crippen MR) is 75.0 cm³/mol. The number of benzene rings is 1. The largest absolute Gasteiger partial charge is 0.399 e. The Morgan fingerprint density at radius 2 is 2.22 bits per heavy atom. The zero-order chi connectivity index (χ0) is 13.0. The Hall–Kier alpha value is -1.25. The molecule has 0 bridgehead atoms. The van der Waals surface area contributed by atoms with Crippen LogP contribution in [0.1, 0.15) is 39.0 Å². The summed E-state index contributed by atoms with van der Waals surface area (Å²) in [4.78, 5) is 0. The molecular formula is C15H23FN2. The van der Waals surface area contributed by atoms with Gasteiger partial charge in [-0.15, -0.1) is 0 Å². The fourth-order valence-electron chi connectivity index (χ4n) is 2.91. The van der Waals surface area contributed by atoms with Gasteiger partial charge in [-0.1, -0.05) is 26.2 Å². The first kappa shape index (κ1) is 13.2. The maximum Gasteiger partial charge on any atom is 0.148 e. The second-order valence-corrected chi connectivity index (χ2v) is 5.59. The molecule has 100 valence electrons. The van der Waals surface area contributed by atoms with Gasteiger partial charge in [-0.25, -0.2) is 4.39 Å². The number of halogens is 1. The van der Waals surface area contributed by atoms with Crippen LogP contribution in [0.4, 0.5) is 15.8 Å². The fourth-order valence-corrected chi connectivity index (χ4v) is 2.91. The lowest BCUT2D eigenvalue weighted by Gasteiger charge is -2.26. The summed E-state index contributed by atoms with van der Waals surface area (Å²) >= 11 is 0. The normalized spacial score (nSPS) is 23.9. The molecule has 3 N–H and O–H groups in total. The predicted octanol–water partition coefficient (Wildman–Crippen LogP) is 4.04. The SMILES string of the molecule is CC1CCCC(CCNc2ccc(N)cc2F)C1. The first-order valence-electron chi connectivity index (χ1n) is 6.94. The molecule has 18 heavy (non-hydrogen) atoms. The maximum absolute atomic E-state index is 13.5. The lowest BCUT2D eigenvalue weighted by Crippen LogP contribution is -2.16. The van der Waals surface area contributed by atoms with Crippen LogP contribution in [0.25, 0.3) is 0 Å². The van der Waals surface area contributed by atoms with E-state index in [4.69, 9.17) is 5.73 Å². The highest BCUT2D eigenvalue weighted by molar-refractivity contribution is 5.52. The molecule has 0 heterocycles. The van der Waals surface area contributed by atoms with Crippen molar-refractivity contribution in [3.8, 4) is 0 Å². The van der Waals surface area contributed by atoms with E-state index < -0.39 is 0 Å². The van der Waals surface area contributed by atoms with Crippen LogP contribution in [0.15, 0.2) is 18.2 Å². The van der Waals surface area contributed by atoms with Gasteiger partial charge < -0.3 is 11.1 Å².